The Bertz CT molecular complexity index is 497. The first kappa shape index (κ1) is 10.5. The van der Waals surface area contributed by atoms with Crippen molar-refractivity contribution in [3.63, 3.8) is 0 Å². The summed E-state index contributed by atoms with van der Waals surface area (Å²) in [7, 11) is 0. The Balaban J connectivity index is 2.65. The Hall–Kier alpha value is -0.990. The number of benzene rings is 2. The Kier molecular flexibility index (Phi) is 2.98. The standard InChI is InChI=1S/C12H9BrClN/c13-10-6-3-5-9(12(10)15)8-4-1-2-7-11(8)14/h1-7H,15H2. The highest BCUT2D eigenvalue weighted by Gasteiger charge is 2.07. The average molecular weight is 283 g/mol. The van der Waals surface area contributed by atoms with Crippen LogP contribution in [0.5, 0.6) is 0 Å². The summed E-state index contributed by atoms with van der Waals surface area (Å²) >= 11 is 9.51. The lowest BCUT2D eigenvalue weighted by molar-refractivity contribution is 1.58. The average Bonchev–Trinajstić information content (AvgIpc) is 2.23. The van der Waals surface area contributed by atoms with E-state index in [1.165, 1.54) is 0 Å². The summed E-state index contributed by atoms with van der Waals surface area (Å²) in [6.07, 6.45) is 0. The van der Waals surface area contributed by atoms with Crippen molar-refractivity contribution in [3.05, 3.63) is 52.0 Å². The number of nitrogens with two attached hydrogens (primary N) is 1. The van der Waals surface area contributed by atoms with Crippen LogP contribution in [0.1, 0.15) is 0 Å². The molecule has 0 aromatic heterocycles. The zero-order valence-electron chi connectivity index (χ0n) is 7.87. The Morgan fingerprint density at radius 1 is 0.933 bits per heavy atom. The molecule has 0 aliphatic rings. The maximum Gasteiger partial charge on any atom is 0.0538 e. The van der Waals surface area contributed by atoms with Crippen LogP contribution in [0.25, 0.3) is 11.1 Å². The fourth-order valence-electron chi connectivity index (χ4n) is 1.45. The third-order valence-corrected chi connectivity index (χ3v) is 3.24. The third kappa shape index (κ3) is 2.01. The maximum atomic E-state index is 6.11. The molecule has 76 valence electrons. The van der Waals surface area contributed by atoms with Gasteiger partial charge in [0.1, 0.15) is 0 Å². The van der Waals surface area contributed by atoms with Crippen molar-refractivity contribution in [2.24, 2.45) is 0 Å². The molecule has 2 aromatic rings. The number of para-hydroxylation sites is 1. The van der Waals surface area contributed by atoms with Crippen molar-refractivity contribution in [2.75, 3.05) is 5.73 Å². The lowest BCUT2D eigenvalue weighted by Crippen LogP contribution is -1.91. The van der Waals surface area contributed by atoms with Crippen molar-refractivity contribution in [2.45, 2.75) is 0 Å². The predicted octanol–water partition coefficient (Wildman–Crippen LogP) is 4.35. The zero-order chi connectivity index (χ0) is 10.8. The zero-order valence-corrected chi connectivity index (χ0v) is 10.2. The first-order valence-corrected chi connectivity index (χ1v) is 5.66. The second-order valence-electron chi connectivity index (χ2n) is 3.18. The predicted molar refractivity (Wildman–Crippen MR) is 69.0 cm³/mol. The summed E-state index contributed by atoms with van der Waals surface area (Å²) in [5, 5.41) is 0.710. The Morgan fingerprint density at radius 2 is 1.60 bits per heavy atom. The van der Waals surface area contributed by atoms with Gasteiger partial charge in [0.15, 0.2) is 0 Å². The van der Waals surface area contributed by atoms with E-state index in [4.69, 9.17) is 17.3 Å². The topological polar surface area (TPSA) is 26.0 Å². The number of rotatable bonds is 1. The summed E-state index contributed by atoms with van der Waals surface area (Å²) in [6, 6.07) is 13.5. The lowest BCUT2D eigenvalue weighted by atomic mass is 10.0. The quantitative estimate of drug-likeness (QED) is 0.773. The highest BCUT2D eigenvalue weighted by atomic mass is 79.9. The van der Waals surface area contributed by atoms with Crippen LogP contribution in [0.3, 0.4) is 0 Å². The normalized spacial score (nSPS) is 10.3. The van der Waals surface area contributed by atoms with Crippen molar-refractivity contribution in [1.29, 1.82) is 0 Å². The molecule has 0 fully saturated rings. The molecule has 0 aliphatic heterocycles. The third-order valence-electron chi connectivity index (χ3n) is 2.22. The van der Waals surface area contributed by atoms with Gasteiger partial charge in [-0.05, 0) is 28.1 Å². The SMILES string of the molecule is Nc1c(Br)cccc1-c1ccccc1Cl. The molecule has 1 nitrogen and oxygen atoms in total. The molecular weight excluding hydrogens is 273 g/mol. The molecule has 0 aliphatic carbocycles. The van der Waals surface area contributed by atoms with Crippen molar-refractivity contribution in [1.82, 2.24) is 0 Å². The maximum absolute atomic E-state index is 6.11. The molecule has 0 saturated heterocycles. The van der Waals surface area contributed by atoms with Gasteiger partial charge in [-0.2, -0.15) is 0 Å². The van der Waals surface area contributed by atoms with Gasteiger partial charge in [-0.1, -0.05) is 41.9 Å². The van der Waals surface area contributed by atoms with Gasteiger partial charge in [0.2, 0.25) is 0 Å². The van der Waals surface area contributed by atoms with E-state index in [2.05, 4.69) is 15.9 Å². The van der Waals surface area contributed by atoms with E-state index in [1.54, 1.807) is 0 Å². The van der Waals surface area contributed by atoms with E-state index >= 15 is 0 Å². The highest BCUT2D eigenvalue weighted by Crippen LogP contribution is 2.35. The molecule has 2 N–H and O–H groups in total. The minimum Gasteiger partial charge on any atom is -0.397 e. The molecule has 0 radical (unpaired) electrons. The fraction of sp³-hybridized carbons (Fsp3) is 0. The largest absolute Gasteiger partial charge is 0.397 e. The Morgan fingerprint density at radius 3 is 2.33 bits per heavy atom. The van der Waals surface area contributed by atoms with Crippen molar-refractivity contribution in [3.8, 4) is 11.1 Å². The van der Waals surface area contributed by atoms with Crippen LogP contribution in [-0.2, 0) is 0 Å². The lowest BCUT2D eigenvalue weighted by Gasteiger charge is -2.08. The monoisotopic (exact) mass is 281 g/mol. The van der Waals surface area contributed by atoms with E-state index in [0.717, 1.165) is 15.6 Å². The second kappa shape index (κ2) is 4.25. The molecule has 0 amide bonds. The first-order valence-electron chi connectivity index (χ1n) is 4.49. The molecule has 2 rings (SSSR count). The van der Waals surface area contributed by atoms with Crippen molar-refractivity contribution >= 4 is 33.2 Å². The summed E-state index contributed by atoms with van der Waals surface area (Å²) < 4.78 is 0.889. The summed E-state index contributed by atoms with van der Waals surface area (Å²) in [6.45, 7) is 0. The minimum atomic E-state index is 0.710. The van der Waals surface area contributed by atoms with Gasteiger partial charge in [-0.15, -0.1) is 0 Å². The molecule has 0 unspecified atom stereocenters. The van der Waals surface area contributed by atoms with Crippen molar-refractivity contribution < 1.29 is 0 Å². The van der Waals surface area contributed by atoms with Gasteiger partial charge in [0.05, 0.1) is 5.69 Å². The van der Waals surface area contributed by atoms with E-state index < -0.39 is 0 Å². The smallest absolute Gasteiger partial charge is 0.0538 e. The molecule has 0 heterocycles. The van der Waals surface area contributed by atoms with E-state index in [-0.39, 0.29) is 0 Å². The summed E-state index contributed by atoms with van der Waals surface area (Å²) in [4.78, 5) is 0. The number of halogens is 2. The minimum absolute atomic E-state index is 0.710. The van der Waals surface area contributed by atoms with Gasteiger partial charge < -0.3 is 5.73 Å². The van der Waals surface area contributed by atoms with Gasteiger partial charge in [0.25, 0.3) is 0 Å². The van der Waals surface area contributed by atoms with Crippen LogP contribution in [0.15, 0.2) is 46.9 Å². The van der Waals surface area contributed by atoms with Crippen LogP contribution in [0.4, 0.5) is 5.69 Å². The number of anilines is 1. The highest BCUT2D eigenvalue weighted by molar-refractivity contribution is 9.10. The number of hydrogen-bond acceptors (Lipinski definition) is 1. The van der Waals surface area contributed by atoms with Crippen LogP contribution in [0.2, 0.25) is 5.02 Å². The van der Waals surface area contributed by atoms with E-state index in [0.29, 0.717) is 10.7 Å². The van der Waals surface area contributed by atoms with Crippen LogP contribution in [0, 0.1) is 0 Å². The molecule has 0 spiro atoms. The molecule has 0 atom stereocenters. The molecule has 0 saturated carbocycles. The molecule has 15 heavy (non-hydrogen) atoms. The van der Waals surface area contributed by atoms with E-state index in [9.17, 15) is 0 Å². The number of nitrogen functional groups attached to an aromatic ring is 1. The molecule has 3 heteroatoms. The summed E-state index contributed by atoms with van der Waals surface area (Å²) in [5.74, 6) is 0. The van der Waals surface area contributed by atoms with Crippen LogP contribution < -0.4 is 5.73 Å². The Labute approximate surface area is 102 Å². The van der Waals surface area contributed by atoms with Gasteiger partial charge in [-0.3, -0.25) is 0 Å². The number of hydrogen-bond donors (Lipinski definition) is 1. The van der Waals surface area contributed by atoms with Crippen LogP contribution in [-0.4, -0.2) is 0 Å². The molecule has 2 aromatic carbocycles. The molecular formula is C12H9BrClN. The second-order valence-corrected chi connectivity index (χ2v) is 4.44. The van der Waals surface area contributed by atoms with Gasteiger partial charge in [0, 0.05) is 20.6 Å². The molecule has 0 bridgehead atoms. The summed E-state index contributed by atoms with van der Waals surface area (Å²) in [5.41, 5.74) is 8.60. The van der Waals surface area contributed by atoms with Gasteiger partial charge in [-0.25, -0.2) is 0 Å². The first-order chi connectivity index (χ1) is 7.20. The van der Waals surface area contributed by atoms with E-state index in [1.807, 2.05) is 42.5 Å². The van der Waals surface area contributed by atoms with Crippen LogP contribution >= 0.6 is 27.5 Å². The van der Waals surface area contributed by atoms with Gasteiger partial charge >= 0.3 is 0 Å². The fourth-order valence-corrected chi connectivity index (χ4v) is 2.06.